The van der Waals surface area contributed by atoms with Gasteiger partial charge in [-0.15, -0.1) is 10.2 Å². The minimum Gasteiger partial charge on any atom is -0.464 e. The molecule has 0 bridgehead atoms. The number of furan rings is 1. The summed E-state index contributed by atoms with van der Waals surface area (Å²) in [6.45, 7) is 5.92. The summed E-state index contributed by atoms with van der Waals surface area (Å²) < 4.78 is 7.63. The van der Waals surface area contributed by atoms with Gasteiger partial charge in [0.1, 0.15) is 29.3 Å². The van der Waals surface area contributed by atoms with Crippen molar-refractivity contribution in [3.05, 3.63) is 35.3 Å². The van der Waals surface area contributed by atoms with Crippen LogP contribution in [0.15, 0.2) is 21.5 Å². The normalized spacial score (nSPS) is 18.7. The van der Waals surface area contributed by atoms with Crippen LogP contribution in [0.1, 0.15) is 35.7 Å². The molecule has 2 unspecified atom stereocenters. The maximum absolute atomic E-state index is 10.2. The summed E-state index contributed by atoms with van der Waals surface area (Å²) in [4.78, 5) is 4.22. The summed E-state index contributed by atoms with van der Waals surface area (Å²) >= 11 is 0. The van der Waals surface area contributed by atoms with E-state index in [1.165, 1.54) is 0 Å². The van der Waals surface area contributed by atoms with Crippen LogP contribution < -0.4 is 10.6 Å². The number of aliphatic hydroxyl groups excluding tert-OH is 1. The van der Waals surface area contributed by atoms with Crippen LogP contribution in [0.5, 0.6) is 0 Å². The molecule has 0 amide bonds. The van der Waals surface area contributed by atoms with Crippen molar-refractivity contribution in [1.29, 1.82) is 0 Å². The van der Waals surface area contributed by atoms with E-state index in [1.54, 1.807) is 13.1 Å². The molecule has 0 saturated heterocycles. The Labute approximate surface area is 147 Å². The van der Waals surface area contributed by atoms with Crippen molar-refractivity contribution in [2.75, 3.05) is 20.1 Å². The molecular formula is C17H26N6O2. The van der Waals surface area contributed by atoms with E-state index in [1.807, 2.05) is 19.9 Å². The van der Waals surface area contributed by atoms with Gasteiger partial charge in [0.2, 0.25) is 0 Å². The van der Waals surface area contributed by atoms with E-state index in [2.05, 4.69) is 30.4 Å². The van der Waals surface area contributed by atoms with E-state index in [-0.39, 0.29) is 0 Å². The lowest BCUT2D eigenvalue weighted by Gasteiger charge is -2.25. The van der Waals surface area contributed by atoms with Gasteiger partial charge < -0.3 is 24.7 Å². The molecule has 0 fully saturated rings. The van der Waals surface area contributed by atoms with Crippen molar-refractivity contribution in [3.63, 3.8) is 0 Å². The summed E-state index contributed by atoms with van der Waals surface area (Å²) in [5.74, 6) is 4.57. The van der Waals surface area contributed by atoms with Gasteiger partial charge in [-0.1, -0.05) is 0 Å². The topological polar surface area (TPSA) is 100 Å². The van der Waals surface area contributed by atoms with Crippen LogP contribution >= 0.6 is 0 Å². The molecule has 0 spiro atoms. The molecule has 136 valence electrons. The number of nitrogens with one attached hydrogen (secondary N) is 2. The average Bonchev–Trinajstić information content (AvgIpc) is 3.21. The van der Waals surface area contributed by atoms with Gasteiger partial charge in [-0.25, -0.2) is 0 Å². The van der Waals surface area contributed by atoms with Gasteiger partial charge >= 0.3 is 0 Å². The second kappa shape index (κ2) is 7.69. The predicted octanol–water partition coefficient (Wildman–Crippen LogP) is 0.949. The zero-order valence-electron chi connectivity index (χ0n) is 15.0. The Bertz CT molecular complexity index is 735. The third kappa shape index (κ3) is 4.19. The molecule has 0 aromatic carbocycles. The van der Waals surface area contributed by atoms with Crippen molar-refractivity contribution in [2.24, 2.45) is 10.9 Å². The van der Waals surface area contributed by atoms with E-state index in [9.17, 15) is 5.11 Å². The third-order valence-corrected chi connectivity index (χ3v) is 4.56. The molecule has 8 heteroatoms. The van der Waals surface area contributed by atoms with Gasteiger partial charge in [0, 0.05) is 26.6 Å². The fourth-order valence-corrected chi connectivity index (χ4v) is 3.08. The lowest BCUT2D eigenvalue weighted by atomic mass is 9.99. The Morgan fingerprint density at radius 3 is 2.96 bits per heavy atom. The minimum atomic E-state index is -0.704. The summed E-state index contributed by atoms with van der Waals surface area (Å²) in [5, 5.41) is 25.0. The summed E-state index contributed by atoms with van der Waals surface area (Å²) in [6, 6.07) is 3.63. The number of rotatable bonds is 5. The molecule has 3 N–H and O–H groups in total. The van der Waals surface area contributed by atoms with Crippen LogP contribution in [-0.4, -0.2) is 46.0 Å². The van der Waals surface area contributed by atoms with Crippen molar-refractivity contribution in [1.82, 2.24) is 25.4 Å². The van der Waals surface area contributed by atoms with E-state index in [4.69, 9.17) is 4.42 Å². The Morgan fingerprint density at radius 2 is 2.24 bits per heavy atom. The number of aliphatic hydroxyl groups is 1. The van der Waals surface area contributed by atoms with Crippen LogP contribution in [0.2, 0.25) is 0 Å². The van der Waals surface area contributed by atoms with Gasteiger partial charge in [0.05, 0.1) is 6.54 Å². The zero-order valence-corrected chi connectivity index (χ0v) is 15.0. The first kappa shape index (κ1) is 17.5. The number of fused-ring (bicyclic) bond motifs is 1. The summed E-state index contributed by atoms with van der Waals surface area (Å²) in [6.07, 6.45) is 1.33. The van der Waals surface area contributed by atoms with Crippen LogP contribution in [0.4, 0.5) is 0 Å². The molecule has 1 aliphatic rings. The van der Waals surface area contributed by atoms with E-state index in [0.717, 1.165) is 43.3 Å². The zero-order chi connectivity index (χ0) is 17.8. The maximum Gasteiger partial charge on any atom is 0.191 e. The van der Waals surface area contributed by atoms with Crippen LogP contribution in [0, 0.1) is 19.8 Å². The first-order valence-electron chi connectivity index (χ1n) is 8.64. The second-order valence-corrected chi connectivity index (χ2v) is 6.48. The highest BCUT2D eigenvalue weighted by Crippen LogP contribution is 2.19. The molecule has 8 nitrogen and oxygen atoms in total. The van der Waals surface area contributed by atoms with E-state index < -0.39 is 6.10 Å². The highest BCUT2D eigenvalue weighted by Gasteiger charge is 2.21. The average molecular weight is 346 g/mol. The van der Waals surface area contributed by atoms with Crippen molar-refractivity contribution in [2.45, 2.75) is 39.3 Å². The standard InChI is InChI=1S/C17H26N6O2/c1-11-4-6-15(25-11)14(24)9-20-17(18-3)19-8-13-5-7-16-22-21-12(2)23(16)10-13/h4,6,13-14,24H,5,7-10H2,1-3H3,(H2,18,19,20). The Kier molecular flexibility index (Phi) is 5.37. The molecule has 2 aromatic rings. The van der Waals surface area contributed by atoms with E-state index >= 15 is 0 Å². The van der Waals surface area contributed by atoms with Crippen LogP contribution in [-0.2, 0) is 13.0 Å². The number of aliphatic imine (C=N–C) groups is 1. The molecule has 1 aliphatic heterocycles. The fourth-order valence-electron chi connectivity index (χ4n) is 3.08. The molecule has 0 aliphatic carbocycles. The molecule has 25 heavy (non-hydrogen) atoms. The van der Waals surface area contributed by atoms with Gasteiger partial charge in [-0.05, 0) is 38.3 Å². The third-order valence-electron chi connectivity index (χ3n) is 4.56. The number of aryl methyl sites for hydroxylation is 3. The summed E-state index contributed by atoms with van der Waals surface area (Å²) in [5.41, 5.74) is 0. The number of nitrogens with zero attached hydrogens (tertiary/aromatic N) is 4. The van der Waals surface area contributed by atoms with Gasteiger partial charge in [0.25, 0.3) is 0 Å². The molecule has 0 saturated carbocycles. The molecule has 2 aromatic heterocycles. The summed E-state index contributed by atoms with van der Waals surface area (Å²) in [7, 11) is 1.72. The monoisotopic (exact) mass is 346 g/mol. The lowest BCUT2D eigenvalue weighted by Crippen LogP contribution is -2.42. The number of guanidine groups is 1. The molecule has 3 heterocycles. The fraction of sp³-hybridized carbons (Fsp3) is 0.588. The molecule has 3 rings (SSSR count). The highest BCUT2D eigenvalue weighted by atomic mass is 16.4. The number of hydrogen-bond donors (Lipinski definition) is 3. The van der Waals surface area contributed by atoms with Crippen LogP contribution in [0.25, 0.3) is 0 Å². The predicted molar refractivity (Wildman–Crippen MR) is 94.3 cm³/mol. The quantitative estimate of drug-likeness (QED) is 0.550. The van der Waals surface area contributed by atoms with Crippen molar-refractivity contribution >= 4 is 5.96 Å². The Hall–Kier alpha value is -2.35. The van der Waals surface area contributed by atoms with Gasteiger partial charge in [-0.3, -0.25) is 4.99 Å². The molecule has 2 atom stereocenters. The largest absolute Gasteiger partial charge is 0.464 e. The van der Waals surface area contributed by atoms with E-state index in [0.29, 0.717) is 24.2 Å². The number of aromatic nitrogens is 3. The molecule has 0 radical (unpaired) electrons. The van der Waals surface area contributed by atoms with Gasteiger partial charge in [-0.2, -0.15) is 0 Å². The SMILES string of the molecule is CN=C(NCC1CCc2nnc(C)n2C1)NCC(O)c1ccc(C)o1. The first-order valence-corrected chi connectivity index (χ1v) is 8.64. The first-order chi connectivity index (χ1) is 12.1. The van der Waals surface area contributed by atoms with Gasteiger partial charge in [0.15, 0.2) is 5.96 Å². The lowest BCUT2D eigenvalue weighted by molar-refractivity contribution is 0.151. The molecular weight excluding hydrogens is 320 g/mol. The Morgan fingerprint density at radius 1 is 1.40 bits per heavy atom. The highest BCUT2D eigenvalue weighted by molar-refractivity contribution is 5.79. The van der Waals surface area contributed by atoms with Crippen molar-refractivity contribution in [3.8, 4) is 0 Å². The maximum atomic E-state index is 10.2. The Balaban J connectivity index is 1.46. The number of hydrogen-bond acceptors (Lipinski definition) is 5. The van der Waals surface area contributed by atoms with Crippen LogP contribution in [0.3, 0.4) is 0 Å². The second-order valence-electron chi connectivity index (χ2n) is 6.48. The minimum absolute atomic E-state index is 0.339. The van der Waals surface area contributed by atoms with Crippen molar-refractivity contribution < 1.29 is 9.52 Å². The smallest absolute Gasteiger partial charge is 0.191 e.